The number of rotatable bonds is 14. The Kier molecular flexibility index (Phi) is 12.2. The van der Waals surface area contributed by atoms with E-state index in [0.29, 0.717) is 18.7 Å². The van der Waals surface area contributed by atoms with E-state index < -0.39 is 18.2 Å². The molecule has 290 valence electrons. The minimum Gasteiger partial charge on any atom is -0.453 e. The van der Waals surface area contributed by atoms with Gasteiger partial charge in [-0.3, -0.25) is 9.59 Å². The normalized spacial score (nSPS) is 17.9. The Morgan fingerprint density at radius 1 is 0.804 bits per heavy atom. The van der Waals surface area contributed by atoms with Crippen molar-refractivity contribution in [3.8, 4) is 11.3 Å². The van der Waals surface area contributed by atoms with Crippen LogP contribution in [-0.4, -0.2) is 81.4 Å². The van der Waals surface area contributed by atoms with Gasteiger partial charge in [-0.2, -0.15) is 4.89 Å². The highest BCUT2D eigenvalue weighted by Crippen LogP contribution is 2.36. The molecule has 3 aromatic carbocycles. The Morgan fingerprint density at radius 2 is 1.43 bits per heavy atom. The molecule has 3 N–H and O–H groups in total. The molecular formula is C42H46N8O6. The highest BCUT2D eigenvalue weighted by molar-refractivity contribution is 5.87. The van der Waals surface area contributed by atoms with Crippen molar-refractivity contribution in [2.45, 2.75) is 62.7 Å². The fourth-order valence-corrected chi connectivity index (χ4v) is 7.57. The first kappa shape index (κ1) is 38.0. The number of aliphatic imine (C=N–C) groups is 1. The van der Waals surface area contributed by atoms with Crippen molar-refractivity contribution >= 4 is 24.3 Å². The number of aromatic amines is 2. The van der Waals surface area contributed by atoms with Gasteiger partial charge in [-0.05, 0) is 60.8 Å². The molecule has 5 aromatic rings. The number of imidazole rings is 2. The van der Waals surface area contributed by atoms with Crippen molar-refractivity contribution in [2.75, 3.05) is 27.3 Å². The van der Waals surface area contributed by atoms with Crippen LogP contribution in [0.15, 0.2) is 102 Å². The summed E-state index contributed by atoms with van der Waals surface area (Å²) in [6.07, 6.45) is 8.97. The van der Waals surface area contributed by atoms with Crippen molar-refractivity contribution < 1.29 is 28.9 Å². The van der Waals surface area contributed by atoms with Gasteiger partial charge in [-0.1, -0.05) is 84.9 Å². The van der Waals surface area contributed by atoms with Gasteiger partial charge in [-0.25, -0.2) is 19.8 Å². The number of carbonyl (C=O) groups excluding carboxylic acids is 3. The number of amides is 3. The summed E-state index contributed by atoms with van der Waals surface area (Å²) >= 11 is 0. The summed E-state index contributed by atoms with van der Waals surface area (Å²) < 4.78 is 4.82. The minimum atomic E-state index is -0.864. The van der Waals surface area contributed by atoms with Crippen molar-refractivity contribution in [2.24, 2.45) is 4.99 Å². The lowest BCUT2D eigenvalue weighted by molar-refractivity contribution is -0.188. The molecule has 0 aliphatic carbocycles. The first-order chi connectivity index (χ1) is 27.4. The molecule has 0 unspecified atom stereocenters. The zero-order valence-electron chi connectivity index (χ0n) is 31.5. The van der Waals surface area contributed by atoms with E-state index in [1.54, 1.807) is 4.90 Å². The summed E-state index contributed by atoms with van der Waals surface area (Å²) in [4.78, 5) is 73.7. The van der Waals surface area contributed by atoms with Crippen LogP contribution in [0.4, 0.5) is 4.79 Å². The summed E-state index contributed by atoms with van der Waals surface area (Å²) in [6.45, 7) is 1.18. The van der Waals surface area contributed by atoms with Crippen LogP contribution in [0.2, 0.25) is 0 Å². The molecule has 0 spiro atoms. The number of aryl methyl sites for hydroxylation is 2. The lowest BCUT2D eigenvalue weighted by Gasteiger charge is -2.28. The van der Waals surface area contributed by atoms with Gasteiger partial charge in [0.2, 0.25) is 6.40 Å². The predicted octanol–water partition coefficient (Wildman–Crippen LogP) is 6.36. The van der Waals surface area contributed by atoms with E-state index in [9.17, 15) is 14.4 Å². The fraction of sp³-hybridized carbons (Fsp3) is 0.333. The molecule has 4 heterocycles. The summed E-state index contributed by atoms with van der Waals surface area (Å²) in [5.74, 6) is 1.16. The number of nitrogens with zero attached hydrogens (tertiary/aromatic N) is 5. The maximum atomic E-state index is 13.9. The molecule has 2 saturated heterocycles. The highest BCUT2D eigenvalue weighted by Gasteiger charge is 2.38. The van der Waals surface area contributed by atoms with Crippen molar-refractivity contribution in [3.05, 3.63) is 131 Å². The average molecular weight is 759 g/mol. The van der Waals surface area contributed by atoms with E-state index in [1.807, 2.05) is 78.0 Å². The van der Waals surface area contributed by atoms with Gasteiger partial charge in [0.25, 0.3) is 11.8 Å². The Balaban J connectivity index is 0.970. The Labute approximate surface area is 325 Å². The maximum absolute atomic E-state index is 13.9. The number of carbonyl (C=O) groups is 3. The molecule has 4 atom stereocenters. The van der Waals surface area contributed by atoms with E-state index in [-0.39, 0.29) is 23.9 Å². The van der Waals surface area contributed by atoms with Gasteiger partial charge in [0.15, 0.2) is 6.04 Å². The van der Waals surface area contributed by atoms with Crippen molar-refractivity contribution in [1.82, 2.24) is 35.1 Å². The van der Waals surface area contributed by atoms with Crippen LogP contribution in [0.1, 0.15) is 83.9 Å². The van der Waals surface area contributed by atoms with E-state index in [4.69, 9.17) is 14.6 Å². The van der Waals surface area contributed by atoms with E-state index >= 15 is 0 Å². The van der Waals surface area contributed by atoms with Crippen LogP contribution in [0.3, 0.4) is 0 Å². The monoisotopic (exact) mass is 758 g/mol. The number of H-pyrrole nitrogens is 2. The number of likely N-dealkylation sites (tertiary alicyclic amines) is 2. The summed E-state index contributed by atoms with van der Waals surface area (Å²) in [5, 5.41) is 2.71. The topological polar surface area (TPSA) is 167 Å². The summed E-state index contributed by atoms with van der Waals surface area (Å²) in [7, 11) is 2.67. The molecule has 14 nitrogen and oxygen atoms in total. The van der Waals surface area contributed by atoms with Crippen LogP contribution in [0.25, 0.3) is 11.3 Å². The van der Waals surface area contributed by atoms with Crippen LogP contribution >= 0.6 is 0 Å². The molecule has 3 amide bonds. The first-order valence-electron chi connectivity index (χ1n) is 18.9. The molecule has 0 radical (unpaired) electrons. The smallest absolute Gasteiger partial charge is 0.407 e. The third-order valence-electron chi connectivity index (χ3n) is 10.4. The van der Waals surface area contributed by atoms with Crippen LogP contribution in [0.5, 0.6) is 0 Å². The zero-order valence-corrected chi connectivity index (χ0v) is 31.5. The molecule has 2 aliphatic heterocycles. The lowest BCUT2D eigenvalue weighted by atomic mass is 10.0. The Hall–Kier alpha value is -6.28. The molecular weight excluding hydrogens is 713 g/mol. The third-order valence-corrected chi connectivity index (χ3v) is 10.4. The number of aromatic nitrogens is 4. The van der Waals surface area contributed by atoms with Gasteiger partial charge in [-0.15, -0.1) is 0 Å². The fourth-order valence-electron chi connectivity index (χ4n) is 7.57. The number of ether oxygens (including phenoxy) is 1. The molecule has 2 aromatic heterocycles. The molecule has 0 bridgehead atoms. The molecule has 0 saturated carbocycles. The summed E-state index contributed by atoms with van der Waals surface area (Å²) in [6, 6.07) is 24.9. The SMILES string of the molecule is COOC=N[C@@H](C(=O)N1CCC[C@H]1c1ncc(-c2ccc(CCc3cnc([C@@H]4CCCN4C(=O)[C@H](NC(=O)OC)c4ccccc4)[nH]3)cc2)[nH]1)c1ccccc1. The third kappa shape index (κ3) is 8.65. The van der Waals surface area contributed by atoms with Crippen LogP contribution in [-0.2, 0) is 36.9 Å². The standard InChI is InChI=1S/C42H46N8O6/c1-54-42(53)48-37(31-13-7-4-8-14-31)41(52)50-24-9-15-34(50)38-43-25-32(46-38)22-19-28-17-20-29(21-18-28)33-26-44-39(47-33)35-16-10-23-49(35)40(51)36(45-27-56-55-2)30-11-5-3-6-12-30/h3-8,11-14,17-18,20-21,25-27,34-37H,9-10,15-16,19,22-24H2,1-2H3,(H,43,46)(H,44,47)(H,48,53)/t34-,35-,36+,37+/m0/s1. The lowest BCUT2D eigenvalue weighted by Crippen LogP contribution is -2.42. The van der Waals surface area contributed by atoms with Gasteiger partial charge in [0.05, 0.1) is 38.2 Å². The Bertz CT molecular complexity index is 2100. The number of hydrogen-bond donors (Lipinski definition) is 3. The van der Waals surface area contributed by atoms with Gasteiger partial charge in [0, 0.05) is 25.0 Å². The van der Waals surface area contributed by atoms with Gasteiger partial charge >= 0.3 is 6.09 Å². The second kappa shape index (κ2) is 17.9. The minimum absolute atomic E-state index is 0.125. The van der Waals surface area contributed by atoms with E-state index in [1.165, 1.54) is 19.8 Å². The summed E-state index contributed by atoms with van der Waals surface area (Å²) in [5.41, 5.74) is 5.48. The molecule has 2 fully saturated rings. The highest BCUT2D eigenvalue weighted by atomic mass is 17.2. The Morgan fingerprint density at radius 3 is 2.09 bits per heavy atom. The number of alkyl carbamates (subject to hydrolysis) is 1. The number of methoxy groups -OCH3 is 1. The van der Waals surface area contributed by atoms with Crippen molar-refractivity contribution in [1.29, 1.82) is 0 Å². The largest absolute Gasteiger partial charge is 0.453 e. The predicted molar refractivity (Wildman–Crippen MR) is 208 cm³/mol. The van der Waals surface area contributed by atoms with Crippen molar-refractivity contribution in [3.63, 3.8) is 0 Å². The number of hydrogen-bond acceptors (Lipinski definition) is 9. The average Bonchev–Trinajstić information content (AvgIpc) is 4.08. The molecule has 7 rings (SSSR count). The number of nitrogens with one attached hydrogen (secondary N) is 3. The second-order valence-electron chi connectivity index (χ2n) is 13.9. The molecule has 14 heteroatoms. The second-order valence-corrected chi connectivity index (χ2v) is 13.9. The van der Waals surface area contributed by atoms with E-state index in [0.717, 1.165) is 79.1 Å². The molecule has 2 aliphatic rings. The first-order valence-corrected chi connectivity index (χ1v) is 18.9. The van der Waals surface area contributed by atoms with E-state index in [2.05, 4.69) is 54.4 Å². The number of benzene rings is 3. The maximum Gasteiger partial charge on any atom is 0.407 e. The van der Waals surface area contributed by atoms with Crippen LogP contribution in [0, 0.1) is 0 Å². The quantitative estimate of drug-likeness (QED) is 0.0510. The van der Waals surface area contributed by atoms with Crippen LogP contribution < -0.4 is 5.32 Å². The zero-order chi connectivity index (χ0) is 38.9. The molecule has 56 heavy (non-hydrogen) atoms. The van der Waals surface area contributed by atoms with Gasteiger partial charge in [0.1, 0.15) is 17.7 Å². The van der Waals surface area contributed by atoms with Gasteiger partial charge < -0.3 is 34.7 Å².